The van der Waals surface area contributed by atoms with Gasteiger partial charge in [0.05, 0.1) is 5.69 Å². The second kappa shape index (κ2) is 7.15. The Labute approximate surface area is 163 Å². The molecule has 0 aliphatic heterocycles. The molecule has 0 atom stereocenters. The normalized spacial score (nSPS) is 10.8. The monoisotopic (exact) mass is 371 g/mol. The highest BCUT2D eigenvalue weighted by atomic mass is 16.2. The van der Waals surface area contributed by atoms with Crippen LogP contribution in [0.25, 0.3) is 22.5 Å². The van der Waals surface area contributed by atoms with Crippen molar-refractivity contribution in [1.82, 2.24) is 19.7 Å². The average Bonchev–Trinajstić information content (AvgIpc) is 3.34. The van der Waals surface area contributed by atoms with Crippen molar-refractivity contribution in [3.8, 4) is 22.5 Å². The lowest BCUT2D eigenvalue weighted by atomic mass is 10.0. The van der Waals surface area contributed by atoms with E-state index in [0.29, 0.717) is 11.5 Å². The van der Waals surface area contributed by atoms with Gasteiger partial charge < -0.3 is 9.88 Å². The van der Waals surface area contributed by atoms with E-state index in [4.69, 9.17) is 0 Å². The highest BCUT2D eigenvalue weighted by molar-refractivity contribution is 6.03. The zero-order valence-corrected chi connectivity index (χ0v) is 16.0. The summed E-state index contributed by atoms with van der Waals surface area (Å²) in [5, 5.41) is 9.94. The fourth-order valence-corrected chi connectivity index (χ4v) is 3.20. The summed E-state index contributed by atoms with van der Waals surface area (Å²) in [4.78, 5) is 17.2. The number of H-pyrrole nitrogens is 1. The Balaban J connectivity index is 1.61. The molecule has 0 saturated heterocycles. The quantitative estimate of drug-likeness (QED) is 0.560. The summed E-state index contributed by atoms with van der Waals surface area (Å²) in [6.07, 6.45) is 1.94. The van der Waals surface area contributed by atoms with Crippen LogP contribution in [0.4, 0.5) is 5.82 Å². The number of carbonyl (C=O) groups is 1. The van der Waals surface area contributed by atoms with Gasteiger partial charge in [0.15, 0.2) is 0 Å². The molecule has 2 N–H and O–H groups in total. The van der Waals surface area contributed by atoms with Gasteiger partial charge in [-0.15, -0.1) is 0 Å². The number of aromatic nitrogens is 4. The Kier molecular flexibility index (Phi) is 4.53. The fraction of sp³-hybridized carbons (Fsp3) is 0.136. The summed E-state index contributed by atoms with van der Waals surface area (Å²) in [6.45, 7) is 3.98. The molecule has 4 rings (SSSR count). The van der Waals surface area contributed by atoms with Gasteiger partial charge in [-0.1, -0.05) is 30.3 Å². The van der Waals surface area contributed by atoms with Gasteiger partial charge in [-0.05, 0) is 54.8 Å². The molecule has 140 valence electrons. The molecule has 0 unspecified atom stereocenters. The van der Waals surface area contributed by atoms with Crippen LogP contribution < -0.4 is 5.32 Å². The van der Waals surface area contributed by atoms with Gasteiger partial charge in [0.25, 0.3) is 5.91 Å². The van der Waals surface area contributed by atoms with Crippen LogP contribution in [-0.2, 0) is 7.05 Å². The summed E-state index contributed by atoms with van der Waals surface area (Å²) in [5.74, 6) is 0.240. The molecule has 4 aromatic rings. The van der Waals surface area contributed by atoms with E-state index in [2.05, 4.69) is 32.6 Å². The van der Waals surface area contributed by atoms with Crippen molar-refractivity contribution in [2.24, 2.45) is 7.05 Å². The highest BCUT2D eigenvalue weighted by Crippen LogP contribution is 2.27. The van der Waals surface area contributed by atoms with Gasteiger partial charge >= 0.3 is 0 Å². The number of carbonyl (C=O) groups excluding carboxylic acids is 1. The third-order valence-electron chi connectivity index (χ3n) is 4.87. The van der Waals surface area contributed by atoms with Crippen molar-refractivity contribution < 1.29 is 4.79 Å². The summed E-state index contributed by atoms with van der Waals surface area (Å²) >= 11 is 0. The second-order valence-corrected chi connectivity index (χ2v) is 6.76. The fourth-order valence-electron chi connectivity index (χ4n) is 3.20. The van der Waals surface area contributed by atoms with Crippen molar-refractivity contribution in [1.29, 1.82) is 0 Å². The van der Waals surface area contributed by atoms with Gasteiger partial charge in [0.1, 0.15) is 17.2 Å². The number of amides is 1. The van der Waals surface area contributed by atoms with Crippen molar-refractivity contribution in [2.75, 3.05) is 5.32 Å². The van der Waals surface area contributed by atoms with Crippen LogP contribution in [-0.4, -0.2) is 25.7 Å². The minimum Gasteiger partial charge on any atom is -0.349 e. The largest absolute Gasteiger partial charge is 0.349 e. The third kappa shape index (κ3) is 3.32. The predicted molar refractivity (Wildman–Crippen MR) is 110 cm³/mol. The topological polar surface area (TPSA) is 75.6 Å². The SMILES string of the molecule is Cc1nc(NC(=O)c2cc(-c3cccn3C)n[nH]2)cc(-c2ccccc2)c1C. The summed E-state index contributed by atoms with van der Waals surface area (Å²) in [5.41, 5.74) is 6.16. The molecule has 3 aromatic heterocycles. The average molecular weight is 371 g/mol. The Morgan fingerprint density at radius 3 is 2.57 bits per heavy atom. The highest BCUT2D eigenvalue weighted by Gasteiger charge is 2.15. The molecule has 0 bridgehead atoms. The minimum atomic E-state index is -0.275. The molecule has 0 fully saturated rings. The summed E-state index contributed by atoms with van der Waals surface area (Å²) in [7, 11) is 1.94. The molecule has 0 spiro atoms. The Bertz CT molecular complexity index is 1140. The predicted octanol–water partition coefficient (Wildman–Crippen LogP) is 4.35. The van der Waals surface area contributed by atoms with Crippen LogP contribution in [0.1, 0.15) is 21.7 Å². The van der Waals surface area contributed by atoms with E-state index in [1.54, 1.807) is 6.07 Å². The maximum Gasteiger partial charge on any atom is 0.274 e. The molecular weight excluding hydrogens is 350 g/mol. The smallest absolute Gasteiger partial charge is 0.274 e. The van der Waals surface area contributed by atoms with E-state index >= 15 is 0 Å². The van der Waals surface area contributed by atoms with Crippen LogP contribution >= 0.6 is 0 Å². The Hall–Kier alpha value is -3.67. The number of nitrogens with one attached hydrogen (secondary N) is 2. The molecular formula is C22H21N5O. The zero-order chi connectivity index (χ0) is 19.7. The number of nitrogens with zero attached hydrogens (tertiary/aromatic N) is 3. The van der Waals surface area contributed by atoms with Gasteiger partial charge in [0, 0.05) is 18.9 Å². The van der Waals surface area contributed by atoms with E-state index in [0.717, 1.165) is 33.8 Å². The van der Waals surface area contributed by atoms with E-state index in [1.807, 2.05) is 68.1 Å². The van der Waals surface area contributed by atoms with Crippen molar-refractivity contribution in [2.45, 2.75) is 13.8 Å². The Morgan fingerprint density at radius 1 is 1.07 bits per heavy atom. The number of benzene rings is 1. The first kappa shape index (κ1) is 17.7. The maximum absolute atomic E-state index is 12.7. The third-order valence-corrected chi connectivity index (χ3v) is 4.87. The number of aryl methyl sites for hydroxylation is 2. The summed E-state index contributed by atoms with van der Waals surface area (Å²) in [6, 6.07) is 17.6. The van der Waals surface area contributed by atoms with Gasteiger partial charge in [-0.2, -0.15) is 5.10 Å². The van der Waals surface area contributed by atoms with Crippen LogP contribution in [0.3, 0.4) is 0 Å². The molecule has 1 aromatic carbocycles. The number of hydrogen-bond acceptors (Lipinski definition) is 3. The first-order valence-corrected chi connectivity index (χ1v) is 9.05. The van der Waals surface area contributed by atoms with Crippen LogP contribution in [0.2, 0.25) is 0 Å². The van der Waals surface area contributed by atoms with E-state index in [-0.39, 0.29) is 5.91 Å². The molecule has 3 heterocycles. The molecule has 0 radical (unpaired) electrons. The van der Waals surface area contributed by atoms with Gasteiger partial charge in [0.2, 0.25) is 0 Å². The molecule has 6 nitrogen and oxygen atoms in total. The van der Waals surface area contributed by atoms with E-state index < -0.39 is 0 Å². The van der Waals surface area contributed by atoms with E-state index in [1.165, 1.54) is 0 Å². The summed E-state index contributed by atoms with van der Waals surface area (Å²) < 4.78 is 1.95. The lowest BCUT2D eigenvalue weighted by Crippen LogP contribution is -2.14. The standard InChI is InChI=1S/C22H21N5O/c1-14-15(2)23-21(12-17(14)16-8-5-4-6-9-16)24-22(28)19-13-18(25-26-19)20-10-7-11-27(20)3/h4-13H,1-3H3,(H,25,26)(H,23,24,28). The number of pyridine rings is 1. The van der Waals surface area contributed by atoms with Crippen LogP contribution in [0.15, 0.2) is 60.8 Å². The molecule has 6 heteroatoms. The first-order valence-electron chi connectivity index (χ1n) is 9.05. The Morgan fingerprint density at radius 2 is 1.86 bits per heavy atom. The molecule has 0 aliphatic rings. The van der Waals surface area contributed by atoms with Crippen molar-refractivity contribution >= 4 is 11.7 Å². The molecule has 0 saturated carbocycles. The first-order chi connectivity index (χ1) is 13.5. The van der Waals surface area contributed by atoms with Crippen LogP contribution in [0, 0.1) is 13.8 Å². The van der Waals surface area contributed by atoms with Crippen LogP contribution in [0.5, 0.6) is 0 Å². The van der Waals surface area contributed by atoms with Gasteiger partial charge in [-0.3, -0.25) is 9.89 Å². The molecule has 28 heavy (non-hydrogen) atoms. The number of rotatable bonds is 4. The maximum atomic E-state index is 12.7. The number of aromatic amines is 1. The van der Waals surface area contributed by atoms with Crippen molar-refractivity contribution in [3.63, 3.8) is 0 Å². The number of anilines is 1. The van der Waals surface area contributed by atoms with Gasteiger partial charge in [-0.25, -0.2) is 4.98 Å². The van der Waals surface area contributed by atoms with E-state index in [9.17, 15) is 4.79 Å². The molecule has 1 amide bonds. The minimum absolute atomic E-state index is 0.275. The number of hydrogen-bond donors (Lipinski definition) is 2. The molecule has 0 aliphatic carbocycles. The van der Waals surface area contributed by atoms with Crippen molar-refractivity contribution in [3.05, 3.63) is 77.7 Å². The lowest BCUT2D eigenvalue weighted by Gasteiger charge is -2.12. The zero-order valence-electron chi connectivity index (χ0n) is 16.0. The lowest BCUT2D eigenvalue weighted by molar-refractivity contribution is 0.102. The second-order valence-electron chi connectivity index (χ2n) is 6.76.